The van der Waals surface area contributed by atoms with Gasteiger partial charge in [-0.3, -0.25) is 4.79 Å². The third kappa shape index (κ3) is 4.55. The van der Waals surface area contributed by atoms with E-state index >= 15 is 0 Å². The Balaban J connectivity index is 1.68. The minimum atomic E-state index is -3.05. The molecule has 0 aliphatic carbocycles. The van der Waals surface area contributed by atoms with Crippen molar-refractivity contribution in [3.05, 3.63) is 52.8 Å². The molecule has 1 aromatic carbocycles. The van der Waals surface area contributed by atoms with E-state index in [1.807, 2.05) is 12.1 Å². The lowest BCUT2D eigenvalue weighted by atomic mass is 10.1. The van der Waals surface area contributed by atoms with Crippen molar-refractivity contribution in [3.8, 4) is 6.07 Å². The maximum absolute atomic E-state index is 12.4. The highest BCUT2D eigenvalue weighted by Crippen LogP contribution is 2.27. The number of carbonyl (C=O) groups excluding carboxylic acids is 1. The molecule has 6 nitrogen and oxygen atoms in total. The van der Waals surface area contributed by atoms with Gasteiger partial charge in [0, 0.05) is 60.2 Å². The zero-order valence-corrected chi connectivity index (χ0v) is 16.0. The summed E-state index contributed by atoms with van der Waals surface area (Å²) in [6.45, 7) is -3.22. The number of carbonyl (C=O) groups is 1. The third-order valence-corrected chi connectivity index (χ3v) is 5.02. The Hall–Kier alpha value is -2.78. The number of anilines is 2. The van der Waals surface area contributed by atoms with Crippen LogP contribution < -0.4 is 9.80 Å². The van der Waals surface area contributed by atoms with Gasteiger partial charge in [-0.25, -0.2) is 4.98 Å². The Morgan fingerprint density at radius 1 is 1.21 bits per heavy atom. The topological polar surface area (TPSA) is 63.5 Å². The lowest BCUT2D eigenvalue weighted by Gasteiger charge is -2.25. The summed E-state index contributed by atoms with van der Waals surface area (Å²) in [5, 5.41) is 9.62. The first-order valence-electron chi connectivity index (χ1n) is 11.9. The molecular formula is C21H24ClN5O. The normalized spacial score (nSPS) is 18.4. The van der Waals surface area contributed by atoms with Crippen LogP contribution in [-0.4, -0.2) is 55.9 Å². The monoisotopic (exact) mass is 403 g/mol. The molecule has 28 heavy (non-hydrogen) atoms. The molecule has 7 heteroatoms. The van der Waals surface area contributed by atoms with E-state index in [0.717, 1.165) is 30.9 Å². The van der Waals surface area contributed by atoms with E-state index in [1.54, 1.807) is 24.4 Å². The first-order chi connectivity index (χ1) is 15.9. The SMILES string of the molecule is [2H]C([2H])([2H])N(C(=O)Cc1ccc(N2CCCN(c3ccnc(Cl)c3C#N)CC2)cc1)C([2H])([2H])[2H]. The number of nitrogens with zero attached hydrogens (tertiary/aromatic N) is 5. The van der Waals surface area contributed by atoms with Crippen LogP contribution in [0.4, 0.5) is 11.4 Å². The molecule has 1 aliphatic rings. The molecule has 0 bridgehead atoms. The van der Waals surface area contributed by atoms with Gasteiger partial charge in [0.2, 0.25) is 5.91 Å². The van der Waals surface area contributed by atoms with Crippen molar-refractivity contribution in [1.29, 1.82) is 5.26 Å². The number of pyridine rings is 1. The molecule has 0 atom stereocenters. The van der Waals surface area contributed by atoms with Crippen molar-refractivity contribution in [2.24, 2.45) is 0 Å². The van der Waals surface area contributed by atoms with Crippen molar-refractivity contribution in [1.82, 2.24) is 9.88 Å². The van der Waals surface area contributed by atoms with Crippen molar-refractivity contribution in [2.75, 3.05) is 49.9 Å². The first kappa shape index (κ1) is 13.4. The van der Waals surface area contributed by atoms with Gasteiger partial charge in [0.1, 0.15) is 16.8 Å². The molecule has 0 unspecified atom stereocenters. The molecule has 1 saturated heterocycles. The van der Waals surface area contributed by atoms with Gasteiger partial charge in [-0.1, -0.05) is 23.7 Å². The van der Waals surface area contributed by atoms with Crippen LogP contribution in [0.25, 0.3) is 0 Å². The standard InChI is InChI=1S/C21H24ClN5O/c1-25(2)20(28)14-16-4-6-17(7-5-16)26-10-3-11-27(13-12-26)19-8-9-24-21(22)18(19)15-23/h4-9H,3,10-14H2,1-2H3/i1D3,2D3. The molecule has 0 spiro atoms. The lowest BCUT2D eigenvalue weighted by Crippen LogP contribution is -2.31. The number of amides is 1. The number of halogens is 1. The summed E-state index contributed by atoms with van der Waals surface area (Å²) in [6.07, 6.45) is 2.10. The minimum Gasteiger partial charge on any atom is -0.370 e. The second-order valence-electron chi connectivity index (χ2n) is 6.51. The zero-order valence-electron chi connectivity index (χ0n) is 21.2. The zero-order chi connectivity index (χ0) is 25.1. The van der Waals surface area contributed by atoms with E-state index < -0.39 is 19.9 Å². The largest absolute Gasteiger partial charge is 0.370 e. The van der Waals surface area contributed by atoms with Crippen LogP contribution in [0.1, 0.15) is 25.8 Å². The van der Waals surface area contributed by atoms with Crippen LogP contribution >= 0.6 is 11.6 Å². The van der Waals surface area contributed by atoms with Gasteiger partial charge in [-0.2, -0.15) is 5.26 Å². The molecule has 0 radical (unpaired) electrons. The second-order valence-corrected chi connectivity index (χ2v) is 6.87. The van der Waals surface area contributed by atoms with E-state index in [-0.39, 0.29) is 16.5 Å². The molecule has 0 N–H and O–H groups in total. The van der Waals surface area contributed by atoms with Crippen molar-refractivity contribution >= 4 is 28.9 Å². The summed E-state index contributed by atoms with van der Waals surface area (Å²) >= 11 is 6.07. The van der Waals surface area contributed by atoms with E-state index in [0.29, 0.717) is 24.2 Å². The summed E-state index contributed by atoms with van der Waals surface area (Å²) in [6, 6.07) is 11.0. The van der Waals surface area contributed by atoms with E-state index in [9.17, 15) is 10.1 Å². The molecule has 2 aromatic rings. The second kappa shape index (κ2) is 8.94. The van der Waals surface area contributed by atoms with Gasteiger partial charge >= 0.3 is 0 Å². The molecule has 1 amide bonds. The van der Waals surface area contributed by atoms with Gasteiger partial charge < -0.3 is 14.7 Å². The Bertz CT molecular complexity index is 1050. The molecule has 3 rings (SSSR count). The van der Waals surface area contributed by atoms with Gasteiger partial charge in [-0.15, -0.1) is 0 Å². The number of likely N-dealkylation sites (N-methyl/N-ethyl adjacent to an activating group) is 1. The summed E-state index contributed by atoms with van der Waals surface area (Å²) in [7, 11) is 0. The van der Waals surface area contributed by atoms with Crippen molar-refractivity contribution in [2.45, 2.75) is 12.8 Å². The molecule has 1 aromatic heterocycles. The fourth-order valence-electron chi connectivity index (χ4n) is 3.29. The lowest BCUT2D eigenvalue weighted by molar-refractivity contribution is -0.127. The van der Waals surface area contributed by atoms with Crippen LogP contribution in [0.5, 0.6) is 0 Å². The molecule has 1 fully saturated rings. The number of benzene rings is 1. The predicted molar refractivity (Wildman–Crippen MR) is 112 cm³/mol. The number of nitriles is 1. The maximum Gasteiger partial charge on any atom is 0.226 e. The minimum absolute atomic E-state index is 0.0157. The van der Waals surface area contributed by atoms with Crippen LogP contribution in [0.3, 0.4) is 0 Å². The number of hydrogen-bond donors (Lipinski definition) is 0. The average molecular weight is 404 g/mol. The average Bonchev–Trinajstić information content (AvgIpc) is 2.98. The van der Waals surface area contributed by atoms with E-state index in [1.165, 1.54) is 0 Å². The van der Waals surface area contributed by atoms with Crippen molar-refractivity contribution in [3.63, 3.8) is 0 Å². The van der Waals surface area contributed by atoms with Gasteiger partial charge in [-0.05, 0) is 30.2 Å². The third-order valence-electron chi connectivity index (χ3n) is 4.74. The summed E-state index contributed by atoms with van der Waals surface area (Å²) in [4.78, 5) is 20.7. The summed E-state index contributed by atoms with van der Waals surface area (Å²) in [5.74, 6) is -0.984. The number of hydrogen-bond acceptors (Lipinski definition) is 5. The molecule has 2 heterocycles. The smallest absolute Gasteiger partial charge is 0.226 e. The fraction of sp³-hybridized carbons (Fsp3) is 0.381. The highest BCUT2D eigenvalue weighted by atomic mass is 35.5. The maximum atomic E-state index is 12.4. The van der Waals surface area contributed by atoms with Gasteiger partial charge in [0.25, 0.3) is 0 Å². The van der Waals surface area contributed by atoms with Crippen molar-refractivity contribution < 1.29 is 13.0 Å². The number of rotatable bonds is 4. The van der Waals surface area contributed by atoms with Crippen LogP contribution in [0.15, 0.2) is 36.5 Å². The fourth-order valence-corrected chi connectivity index (χ4v) is 3.48. The molecular weight excluding hydrogens is 374 g/mol. The summed E-state index contributed by atoms with van der Waals surface area (Å²) < 4.78 is 44.3. The Morgan fingerprint density at radius 2 is 1.93 bits per heavy atom. The highest BCUT2D eigenvalue weighted by Gasteiger charge is 2.19. The molecule has 0 saturated carbocycles. The van der Waals surface area contributed by atoms with E-state index in [2.05, 4.69) is 20.9 Å². The van der Waals surface area contributed by atoms with E-state index in [4.69, 9.17) is 19.8 Å². The molecule has 1 aliphatic heterocycles. The van der Waals surface area contributed by atoms with Crippen LogP contribution in [-0.2, 0) is 11.2 Å². The van der Waals surface area contributed by atoms with Gasteiger partial charge in [0.15, 0.2) is 0 Å². The highest BCUT2D eigenvalue weighted by molar-refractivity contribution is 6.30. The number of aromatic nitrogens is 1. The Kier molecular flexibility index (Phi) is 4.28. The van der Waals surface area contributed by atoms with Crippen LogP contribution in [0, 0.1) is 11.3 Å². The molecule has 146 valence electrons. The summed E-state index contributed by atoms with van der Waals surface area (Å²) in [5.41, 5.74) is 2.56. The first-order valence-corrected chi connectivity index (χ1v) is 9.26. The Labute approximate surface area is 179 Å². The predicted octanol–water partition coefficient (Wildman–Crippen LogP) is 2.95. The van der Waals surface area contributed by atoms with Crippen LogP contribution in [0.2, 0.25) is 5.15 Å². The van der Waals surface area contributed by atoms with Gasteiger partial charge in [0.05, 0.1) is 12.1 Å². The quantitative estimate of drug-likeness (QED) is 0.734. The Morgan fingerprint density at radius 3 is 2.64 bits per heavy atom.